The zero-order valence-electron chi connectivity index (χ0n) is 17.0. The van der Waals surface area contributed by atoms with Gasteiger partial charge < -0.3 is 16.4 Å². The Balaban J connectivity index is 2.35. The van der Waals surface area contributed by atoms with Crippen LogP contribution in [-0.2, 0) is 16.6 Å². The monoisotopic (exact) mass is 361 g/mol. The maximum atomic E-state index is 11.9. The van der Waals surface area contributed by atoms with Crippen LogP contribution in [0.2, 0.25) is 0 Å². The molecule has 146 valence electrons. The highest BCUT2D eigenvalue weighted by atomic mass is 16.2. The molecule has 0 unspecified atom stereocenters. The summed E-state index contributed by atoms with van der Waals surface area (Å²) in [6.45, 7) is 12.2. The van der Waals surface area contributed by atoms with Crippen LogP contribution < -0.4 is 16.4 Å². The Hall–Kier alpha value is -2.04. The summed E-state index contributed by atoms with van der Waals surface area (Å²) in [4.78, 5) is 22.5. The number of unbranched alkanes of at least 4 members (excludes halogenated alkanes) is 2. The van der Waals surface area contributed by atoms with E-state index in [0.29, 0.717) is 19.5 Å². The van der Waals surface area contributed by atoms with Gasteiger partial charge in [0.25, 0.3) is 0 Å². The van der Waals surface area contributed by atoms with Crippen molar-refractivity contribution in [3.63, 3.8) is 0 Å². The lowest BCUT2D eigenvalue weighted by Gasteiger charge is -2.22. The first-order valence-corrected chi connectivity index (χ1v) is 9.52. The third-order valence-corrected chi connectivity index (χ3v) is 4.64. The maximum Gasteiger partial charge on any atom is 0.312 e. The summed E-state index contributed by atoms with van der Waals surface area (Å²) < 4.78 is 0. The molecule has 5 heteroatoms. The van der Waals surface area contributed by atoms with Gasteiger partial charge in [0.05, 0.1) is 0 Å². The summed E-state index contributed by atoms with van der Waals surface area (Å²) in [5.41, 5.74) is 10.4. The van der Waals surface area contributed by atoms with Crippen LogP contribution >= 0.6 is 0 Å². The summed E-state index contributed by atoms with van der Waals surface area (Å²) in [5, 5.41) is 5.56. The van der Waals surface area contributed by atoms with E-state index in [2.05, 4.69) is 57.4 Å². The van der Waals surface area contributed by atoms with Crippen molar-refractivity contribution in [3.05, 3.63) is 34.4 Å². The van der Waals surface area contributed by atoms with Gasteiger partial charge in [0.1, 0.15) is 0 Å². The zero-order valence-corrected chi connectivity index (χ0v) is 17.0. The van der Waals surface area contributed by atoms with Crippen molar-refractivity contribution in [1.29, 1.82) is 0 Å². The largest absolute Gasteiger partial charge is 0.356 e. The highest BCUT2D eigenvalue weighted by Crippen LogP contribution is 2.27. The van der Waals surface area contributed by atoms with Crippen molar-refractivity contribution in [2.24, 2.45) is 5.73 Å². The molecular weight excluding hydrogens is 326 g/mol. The first-order valence-electron chi connectivity index (χ1n) is 9.52. The van der Waals surface area contributed by atoms with Crippen molar-refractivity contribution >= 4 is 11.9 Å². The Morgan fingerprint density at radius 2 is 1.58 bits per heavy atom. The van der Waals surface area contributed by atoms with Gasteiger partial charge in [0, 0.05) is 19.5 Å². The van der Waals surface area contributed by atoms with E-state index in [0.717, 1.165) is 25.7 Å². The van der Waals surface area contributed by atoms with E-state index in [1.807, 2.05) is 0 Å². The number of hydrogen-bond donors (Lipinski definition) is 3. The van der Waals surface area contributed by atoms with Crippen LogP contribution in [0.3, 0.4) is 0 Å². The Bertz CT molecular complexity index is 595. The molecule has 1 aromatic rings. The number of aryl methyl sites for hydroxylation is 2. The predicted molar refractivity (Wildman–Crippen MR) is 107 cm³/mol. The number of rotatable bonds is 9. The lowest BCUT2D eigenvalue weighted by molar-refractivity contribution is -0.121. The average molecular weight is 362 g/mol. The van der Waals surface area contributed by atoms with Gasteiger partial charge in [0.2, 0.25) is 5.91 Å². The third-order valence-electron chi connectivity index (χ3n) is 4.64. The first-order chi connectivity index (χ1) is 12.1. The lowest BCUT2D eigenvalue weighted by Crippen LogP contribution is -2.30. The van der Waals surface area contributed by atoms with E-state index in [4.69, 9.17) is 5.73 Å². The fourth-order valence-corrected chi connectivity index (χ4v) is 3.03. The van der Waals surface area contributed by atoms with Gasteiger partial charge in [-0.15, -0.1) is 0 Å². The second kappa shape index (κ2) is 10.2. The van der Waals surface area contributed by atoms with E-state index < -0.39 is 6.03 Å². The smallest absolute Gasteiger partial charge is 0.312 e. The van der Waals surface area contributed by atoms with Crippen LogP contribution in [0.1, 0.15) is 68.7 Å². The molecule has 26 heavy (non-hydrogen) atoms. The molecular formula is C21H35N3O2. The highest BCUT2D eigenvalue weighted by Gasteiger charge is 2.16. The van der Waals surface area contributed by atoms with Crippen molar-refractivity contribution in [1.82, 2.24) is 10.6 Å². The molecule has 0 saturated carbocycles. The highest BCUT2D eigenvalue weighted by molar-refractivity contribution is 5.75. The van der Waals surface area contributed by atoms with E-state index in [1.54, 1.807) is 0 Å². The molecule has 5 nitrogen and oxygen atoms in total. The molecule has 0 heterocycles. The number of carbonyl (C=O) groups excluding carboxylic acids is 2. The van der Waals surface area contributed by atoms with Crippen molar-refractivity contribution in [2.75, 3.05) is 13.1 Å². The number of urea groups is 1. The fraction of sp³-hybridized carbons (Fsp3) is 0.619. The Morgan fingerprint density at radius 1 is 0.962 bits per heavy atom. The molecule has 3 amide bonds. The zero-order chi connectivity index (χ0) is 19.7. The molecule has 0 saturated heterocycles. The molecule has 0 bridgehead atoms. The first kappa shape index (κ1) is 22.0. The summed E-state index contributed by atoms with van der Waals surface area (Å²) in [6.07, 6.45) is 3.95. The second-order valence-electron chi connectivity index (χ2n) is 8.04. The van der Waals surface area contributed by atoms with Gasteiger partial charge in [-0.2, -0.15) is 0 Å². The number of nitrogens with one attached hydrogen (secondary N) is 2. The van der Waals surface area contributed by atoms with Gasteiger partial charge in [-0.05, 0) is 60.8 Å². The van der Waals surface area contributed by atoms with Crippen LogP contribution in [0.25, 0.3) is 0 Å². The second-order valence-corrected chi connectivity index (χ2v) is 8.04. The van der Waals surface area contributed by atoms with E-state index in [-0.39, 0.29) is 11.3 Å². The molecule has 0 aliphatic heterocycles. The molecule has 0 atom stereocenters. The number of carbonyl (C=O) groups is 2. The number of primary amides is 1. The molecule has 0 spiro atoms. The Kier molecular flexibility index (Phi) is 8.62. The minimum atomic E-state index is -0.496. The molecule has 0 aromatic heterocycles. The van der Waals surface area contributed by atoms with Crippen LogP contribution in [0.4, 0.5) is 4.79 Å². The van der Waals surface area contributed by atoms with Crippen molar-refractivity contribution in [2.45, 2.75) is 72.1 Å². The molecule has 4 N–H and O–H groups in total. The summed E-state index contributed by atoms with van der Waals surface area (Å²) in [6, 6.07) is 4.04. The molecule has 1 rings (SSSR count). The van der Waals surface area contributed by atoms with Crippen LogP contribution in [-0.4, -0.2) is 25.0 Å². The Labute approximate surface area is 158 Å². The summed E-state index contributed by atoms with van der Waals surface area (Å²) >= 11 is 0. The third kappa shape index (κ3) is 7.89. The molecule has 1 aromatic carbocycles. The summed E-state index contributed by atoms with van der Waals surface area (Å²) in [7, 11) is 0. The van der Waals surface area contributed by atoms with Crippen LogP contribution in [0, 0.1) is 13.8 Å². The topological polar surface area (TPSA) is 84.2 Å². The van der Waals surface area contributed by atoms with Crippen molar-refractivity contribution in [3.8, 4) is 0 Å². The number of nitrogens with two attached hydrogens (primary N) is 1. The normalized spacial score (nSPS) is 11.3. The number of amides is 3. The standard InChI is InChI=1S/C21H35N3O2/c1-15-13-17(21(3,4)5)14-16(2)18(15)10-12-23-19(25)9-7-6-8-11-24-20(22)26/h13-14H,6-12H2,1-5H3,(H,23,25)(H3,22,24,26). The maximum absolute atomic E-state index is 11.9. The van der Waals surface area contributed by atoms with E-state index in [9.17, 15) is 9.59 Å². The van der Waals surface area contributed by atoms with Gasteiger partial charge in [-0.25, -0.2) is 4.79 Å². The molecule has 0 aliphatic rings. The van der Waals surface area contributed by atoms with Gasteiger partial charge in [-0.1, -0.05) is 39.3 Å². The van der Waals surface area contributed by atoms with Crippen LogP contribution in [0.5, 0.6) is 0 Å². The number of hydrogen-bond acceptors (Lipinski definition) is 2. The number of benzene rings is 1. The average Bonchev–Trinajstić information content (AvgIpc) is 2.52. The lowest BCUT2D eigenvalue weighted by atomic mass is 9.83. The van der Waals surface area contributed by atoms with Crippen LogP contribution in [0.15, 0.2) is 12.1 Å². The van der Waals surface area contributed by atoms with E-state index >= 15 is 0 Å². The van der Waals surface area contributed by atoms with E-state index in [1.165, 1.54) is 22.3 Å². The minimum Gasteiger partial charge on any atom is -0.356 e. The van der Waals surface area contributed by atoms with Gasteiger partial charge in [-0.3, -0.25) is 4.79 Å². The summed E-state index contributed by atoms with van der Waals surface area (Å²) in [5.74, 6) is 0.0921. The van der Waals surface area contributed by atoms with Gasteiger partial charge >= 0.3 is 6.03 Å². The predicted octanol–water partition coefficient (Wildman–Crippen LogP) is 3.49. The Morgan fingerprint density at radius 3 is 2.12 bits per heavy atom. The molecule has 0 radical (unpaired) electrons. The molecule has 0 fully saturated rings. The van der Waals surface area contributed by atoms with Crippen molar-refractivity contribution < 1.29 is 9.59 Å². The fourth-order valence-electron chi connectivity index (χ4n) is 3.03. The SMILES string of the molecule is Cc1cc(C(C)(C)C)cc(C)c1CCNC(=O)CCCCCNC(N)=O. The quantitative estimate of drug-likeness (QED) is 0.588. The minimum absolute atomic E-state index is 0.0921. The van der Waals surface area contributed by atoms with Gasteiger partial charge in [0.15, 0.2) is 0 Å². The molecule has 0 aliphatic carbocycles.